The lowest BCUT2D eigenvalue weighted by molar-refractivity contribution is -0.132. The van der Waals surface area contributed by atoms with Gasteiger partial charge in [-0.1, -0.05) is 71.2 Å². The molecule has 0 aromatic heterocycles. The molecule has 1 N–H and O–H groups in total. The fourth-order valence-corrected chi connectivity index (χ4v) is 5.21. The molecule has 1 amide bonds. The van der Waals surface area contributed by atoms with Crippen LogP contribution in [-0.4, -0.2) is 23.9 Å². The van der Waals surface area contributed by atoms with Gasteiger partial charge in [-0.15, -0.1) is 0 Å². The SMILES string of the molecule is COc1c(Cl)cc(Cl)cc1/C(O)=C1\C(=O)C(=O)N(c2ccc(Oc3ccccc3)cc2)C1c1cccc(C)c1. The van der Waals surface area contributed by atoms with Crippen molar-refractivity contribution in [3.8, 4) is 17.2 Å². The number of ether oxygens (including phenoxy) is 2. The summed E-state index contributed by atoms with van der Waals surface area (Å²) in [4.78, 5) is 28.4. The minimum Gasteiger partial charge on any atom is -0.507 e. The first-order valence-electron chi connectivity index (χ1n) is 12.0. The van der Waals surface area contributed by atoms with Crippen LogP contribution in [0.3, 0.4) is 0 Å². The minimum atomic E-state index is -0.923. The van der Waals surface area contributed by atoms with Crippen molar-refractivity contribution in [2.24, 2.45) is 0 Å². The highest BCUT2D eigenvalue weighted by Gasteiger charge is 2.47. The van der Waals surface area contributed by atoms with E-state index in [-0.39, 0.29) is 26.9 Å². The van der Waals surface area contributed by atoms with Gasteiger partial charge in [0, 0.05) is 10.7 Å². The van der Waals surface area contributed by atoms with Crippen LogP contribution < -0.4 is 14.4 Å². The van der Waals surface area contributed by atoms with E-state index in [2.05, 4.69) is 0 Å². The fraction of sp³-hybridized carbons (Fsp3) is 0.0968. The van der Waals surface area contributed by atoms with Gasteiger partial charge in [-0.2, -0.15) is 0 Å². The number of aryl methyl sites for hydroxylation is 1. The molecule has 4 aromatic rings. The van der Waals surface area contributed by atoms with Crippen LogP contribution in [0.5, 0.6) is 17.2 Å². The Morgan fingerprint density at radius 2 is 1.56 bits per heavy atom. The molecule has 1 heterocycles. The second kappa shape index (κ2) is 10.8. The summed E-state index contributed by atoms with van der Waals surface area (Å²) in [6, 6.07) is 25.5. The Labute approximate surface area is 235 Å². The average molecular weight is 560 g/mol. The first kappa shape index (κ1) is 26.4. The van der Waals surface area contributed by atoms with Crippen molar-refractivity contribution in [2.75, 3.05) is 12.0 Å². The van der Waals surface area contributed by atoms with E-state index in [9.17, 15) is 14.7 Å². The summed E-state index contributed by atoms with van der Waals surface area (Å²) in [5.41, 5.74) is 2.03. The molecule has 0 radical (unpaired) electrons. The summed E-state index contributed by atoms with van der Waals surface area (Å²) in [5.74, 6) is -0.706. The fourth-order valence-electron chi connectivity index (χ4n) is 4.64. The maximum atomic E-state index is 13.5. The number of benzene rings is 4. The minimum absolute atomic E-state index is 0.105. The Morgan fingerprint density at radius 3 is 2.23 bits per heavy atom. The predicted molar refractivity (Wildman–Crippen MR) is 152 cm³/mol. The maximum absolute atomic E-state index is 13.5. The van der Waals surface area contributed by atoms with Gasteiger partial charge in [-0.3, -0.25) is 14.5 Å². The number of carbonyl (C=O) groups is 2. The lowest BCUT2D eigenvalue weighted by Crippen LogP contribution is -2.29. The standard InChI is InChI=1S/C31H23Cl2NO5/c1-18-7-6-8-19(15-18)27-26(28(35)24-16-20(32)17-25(33)30(24)38-2)29(36)31(37)34(27)21-11-13-23(14-12-21)39-22-9-4-3-5-10-22/h3-17,27,35H,1-2H3/b28-26+. The number of halogens is 2. The van der Waals surface area contributed by atoms with Crippen molar-refractivity contribution in [2.45, 2.75) is 13.0 Å². The largest absolute Gasteiger partial charge is 0.507 e. The number of aliphatic hydroxyl groups excluding tert-OH is 1. The van der Waals surface area contributed by atoms with Crippen molar-refractivity contribution in [1.82, 2.24) is 0 Å². The van der Waals surface area contributed by atoms with E-state index in [4.69, 9.17) is 32.7 Å². The van der Waals surface area contributed by atoms with Crippen LogP contribution in [-0.2, 0) is 9.59 Å². The maximum Gasteiger partial charge on any atom is 0.300 e. The number of amides is 1. The summed E-state index contributed by atoms with van der Waals surface area (Å²) in [6.07, 6.45) is 0. The van der Waals surface area contributed by atoms with Gasteiger partial charge in [0.1, 0.15) is 23.0 Å². The highest BCUT2D eigenvalue weighted by molar-refractivity contribution is 6.52. The summed E-state index contributed by atoms with van der Waals surface area (Å²) < 4.78 is 11.3. The van der Waals surface area contributed by atoms with Crippen molar-refractivity contribution < 1.29 is 24.2 Å². The Morgan fingerprint density at radius 1 is 0.872 bits per heavy atom. The summed E-state index contributed by atoms with van der Waals surface area (Å²) >= 11 is 12.5. The van der Waals surface area contributed by atoms with Gasteiger partial charge in [-0.05, 0) is 61.0 Å². The highest BCUT2D eigenvalue weighted by Crippen LogP contribution is 2.45. The predicted octanol–water partition coefficient (Wildman–Crippen LogP) is 7.73. The van der Waals surface area contributed by atoms with E-state index >= 15 is 0 Å². The normalized spacial score (nSPS) is 16.4. The van der Waals surface area contributed by atoms with Gasteiger partial charge >= 0.3 is 0 Å². The number of methoxy groups -OCH3 is 1. The molecule has 0 bridgehead atoms. The zero-order valence-corrected chi connectivity index (χ0v) is 22.5. The number of Topliss-reactive ketones (excluding diaryl/α,β-unsaturated/α-hetero) is 1. The highest BCUT2D eigenvalue weighted by atomic mass is 35.5. The molecule has 1 saturated heterocycles. The number of para-hydroxylation sites is 1. The number of aliphatic hydroxyl groups is 1. The van der Waals surface area contributed by atoms with Crippen molar-refractivity contribution >= 4 is 46.3 Å². The van der Waals surface area contributed by atoms with E-state index in [1.54, 1.807) is 30.3 Å². The number of rotatable bonds is 6. The van der Waals surface area contributed by atoms with E-state index < -0.39 is 23.5 Å². The number of nitrogens with zero attached hydrogens (tertiary/aromatic N) is 1. The Hall–Kier alpha value is -4.26. The molecule has 8 heteroatoms. The van der Waals surface area contributed by atoms with Crippen LogP contribution in [0.4, 0.5) is 5.69 Å². The van der Waals surface area contributed by atoms with Crippen LogP contribution in [0.1, 0.15) is 22.7 Å². The first-order chi connectivity index (χ1) is 18.8. The summed E-state index contributed by atoms with van der Waals surface area (Å²) in [7, 11) is 1.39. The molecule has 1 atom stereocenters. The molecular formula is C31H23Cl2NO5. The zero-order chi connectivity index (χ0) is 27.7. The first-order valence-corrected chi connectivity index (χ1v) is 12.8. The molecule has 1 unspecified atom stereocenters. The number of ketones is 1. The smallest absolute Gasteiger partial charge is 0.300 e. The molecule has 1 aliphatic heterocycles. The van der Waals surface area contributed by atoms with Crippen molar-refractivity contribution in [1.29, 1.82) is 0 Å². The number of anilines is 1. The third kappa shape index (κ3) is 5.09. The second-order valence-electron chi connectivity index (χ2n) is 8.96. The van der Waals surface area contributed by atoms with Crippen LogP contribution in [0.2, 0.25) is 10.0 Å². The number of hydrogen-bond donors (Lipinski definition) is 1. The molecule has 196 valence electrons. The Balaban J connectivity index is 1.64. The van der Waals surface area contributed by atoms with Gasteiger partial charge in [0.2, 0.25) is 0 Å². The van der Waals surface area contributed by atoms with Gasteiger partial charge < -0.3 is 14.6 Å². The van der Waals surface area contributed by atoms with Crippen molar-refractivity contribution in [3.63, 3.8) is 0 Å². The van der Waals surface area contributed by atoms with Gasteiger partial charge in [0.15, 0.2) is 0 Å². The van der Waals surface area contributed by atoms with E-state index in [0.29, 0.717) is 22.7 Å². The molecule has 0 spiro atoms. The molecule has 0 saturated carbocycles. The van der Waals surface area contributed by atoms with E-state index in [1.165, 1.54) is 24.1 Å². The lowest BCUT2D eigenvalue weighted by Gasteiger charge is -2.26. The zero-order valence-electron chi connectivity index (χ0n) is 21.0. The molecule has 1 fully saturated rings. The number of hydrogen-bond acceptors (Lipinski definition) is 5. The quantitative estimate of drug-likeness (QED) is 0.148. The molecule has 6 nitrogen and oxygen atoms in total. The van der Waals surface area contributed by atoms with Crippen LogP contribution in [0.15, 0.2) is 96.6 Å². The van der Waals surface area contributed by atoms with E-state index in [0.717, 1.165) is 5.56 Å². The van der Waals surface area contributed by atoms with Gasteiger partial charge in [0.05, 0.1) is 29.3 Å². The molecule has 39 heavy (non-hydrogen) atoms. The summed E-state index contributed by atoms with van der Waals surface area (Å²) in [6.45, 7) is 1.91. The molecule has 1 aliphatic rings. The summed E-state index contributed by atoms with van der Waals surface area (Å²) in [5, 5.41) is 11.9. The van der Waals surface area contributed by atoms with E-state index in [1.807, 2.05) is 55.5 Å². The molecule has 0 aliphatic carbocycles. The number of carbonyl (C=O) groups excluding carboxylic acids is 2. The molecular weight excluding hydrogens is 537 g/mol. The van der Waals surface area contributed by atoms with Crippen LogP contribution >= 0.6 is 23.2 Å². The Bertz CT molecular complexity index is 1600. The van der Waals surface area contributed by atoms with Crippen LogP contribution in [0, 0.1) is 6.92 Å². The second-order valence-corrected chi connectivity index (χ2v) is 9.80. The van der Waals surface area contributed by atoms with Crippen LogP contribution in [0.25, 0.3) is 5.76 Å². The van der Waals surface area contributed by atoms with Gasteiger partial charge in [-0.25, -0.2) is 0 Å². The van der Waals surface area contributed by atoms with Crippen molar-refractivity contribution in [3.05, 3.63) is 123 Å². The molecule has 4 aromatic carbocycles. The lowest BCUT2D eigenvalue weighted by atomic mass is 9.94. The van der Waals surface area contributed by atoms with Gasteiger partial charge in [0.25, 0.3) is 11.7 Å². The monoisotopic (exact) mass is 559 g/mol. The topological polar surface area (TPSA) is 76.1 Å². The Kier molecular flexibility index (Phi) is 7.33. The third-order valence-corrected chi connectivity index (χ3v) is 6.86. The average Bonchev–Trinajstić information content (AvgIpc) is 3.19. The third-order valence-electron chi connectivity index (χ3n) is 6.36. The molecule has 5 rings (SSSR count).